The van der Waals surface area contributed by atoms with Gasteiger partial charge >= 0.3 is 0 Å². The van der Waals surface area contributed by atoms with Crippen molar-refractivity contribution in [3.05, 3.63) is 59.2 Å². The number of carbonyl (C=O) groups excluding carboxylic acids is 2. The Morgan fingerprint density at radius 1 is 1.10 bits per heavy atom. The summed E-state index contributed by atoms with van der Waals surface area (Å²) in [5, 5.41) is 2.97. The molecule has 0 spiro atoms. The molecule has 1 heterocycles. The maximum absolute atomic E-state index is 13.3. The summed E-state index contributed by atoms with van der Waals surface area (Å²) in [4.78, 5) is 27.9. The minimum atomic E-state index is -0.508. The summed E-state index contributed by atoms with van der Waals surface area (Å²) in [6.07, 6.45) is 1.44. The van der Waals surface area contributed by atoms with Crippen molar-refractivity contribution in [1.82, 2.24) is 10.2 Å². The van der Waals surface area contributed by atoms with Gasteiger partial charge in [0.2, 0.25) is 18.6 Å². The Hall–Kier alpha value is -3.02. The molecule has 2 aromatic carbocycles. The number of amides is 2. The molecule has 0 unspecified atom stereocenters. The number of ether oxygens (including phenoxy) is 2. The van der Waals surface area contributed by atoms with Crippen molar-refractivity contribution in [2.75, 3.05) is 6.79 Å². The number of nitrogens with one attached hydrogen (secondary N) is 1. The fraction of sp³-hybridized carbons (Fsp3) is 0.440. The molecule has 2 aromatic rings. The van der Waals surface area contributed by atoms with Gasteiger partial charge in [0, 0.05) is 19.0 Å². The molecule has 6 nitrogen and oxygen atoms in total. The summed E-state index contributed by atoms with van der Waals surface area (Å²) in [7, 11) is 0. The fourth-order valence-electron chi connectivity index (χ4n) is 3.76. The van der Waals surface area contributed by atoms with Gasteiger partial charge in [-0.2, -0.15) is 0 Å². The summed E-state index contributed by atoms with van der Waals surface area (Å²) in [5.74, 6) is 1.30. The van der Waals surface area contributed by atoms with Crippen molar-refractivity contribution < 1.29 is 19.1 Å². The molecule has 0 saturated carbocycles. The lowest BCUT2D eigenvalue weighted by molar-refractivity contribution is -0.141. The van der Waals surface area contributed by atoms with Gasteiger partial charge in [-0.15, -0.1) is 0 Å². The molecule has 0 aromatic heterocycles. The predicted octanol–water partition coefficient (Wildman–Crippen LogP) is 3.99. The lowest BCUT2D eigenvalue weighted by atomic mass is 10.0. The predicted molar refractivity (Wildman–Crippen MR) is 120 cm³/mol. The number of hydrogen-bond acceptors (Lipinski definition) is 4. The van der Waals surface area contributed by atoms with Gasteiger partial charge < -0.3 is 19.7 Å². The van der Waals surface area contributed by atoms with Crippen LogP contribution in [0, 0.1) is 6.92 Å². The molecule has 1 aliphatic rings. The van der Waals surface area contributed by atoms with Crippen LogP contribution >= 0.6 is 0 Å². The SMILES string of the molecule is CC[C@H](C(=O)NC(C)C)N(Cc1ccccc1C)C(=O)CCc1ccc2c(c1)OCO2. The van der Waals surface area contributed by atoms with Crippen molar-refractivity contribution >= 4 is 11.8 Å². The molecule has 31 heavy (non-hydrogen) atoms. The Balaban J connectivity index is 1.77. The smallest absolute Gasteiger partial charge is 0.243 e. The molecule has 0 fully saturated rings. The third-order valence-electron chi connectivity index (χ3n) is 5.48. The Bertz CT molecular complexity index is 925. The first-order valence-corrected chi connectivity index (χ1v) is 10.9. The van der Waals surface area contributed by atoms with Crippen molar-refractivity contribution in [2.45, 2.75) is 65.6 Å². The van der Waals surface area contributed by atoms with Gasteiger partial charge in [-0.05, 0) is 62.4 Å². The quantitative estimate of drug-likeness (QED) is 0.661. The number of rotatable bonds is 9. The number of nitrogens with zero attached hydrogens (tertiary/aromatic N) is 1. The van der Waals surface area contributed by atoms with Gasteiger partial charge in [-0.25, -0.2) is 0 Å². The number of hydrogen-bond donors (Lipinski definition) is 1. The van der Waals surface area contributed by atoms with E-state index in [2.05, 4.69) is 5.32 Å². The van der Waals surface area contributed by atoms with E-state index in [1.165, 1.54) is 0 Å². The van der Waals surface area contributed by atoms with Crippen LogP contribution in [0.2, 0.25) is 0 Å². The van der Waals surface area contributed by atoms with Crippen LogP contribution in [-0.2, 0) is 22.6 Å². The van der Waals surface area contributed by atoms with Crippen LogP contribution < -0.4 is 14.8 Å². The van der Waals surface area contributed by atoms with E-state index < -0.39 is 6.04 Å². The topological polar surface area (TPSA) is 67.9 Å². The second-order valence-corrected chi connectivity index (χ2v) is 8.22. The first-order valence-electron chi connectivity index (χ1n) is 10.9. The molecule has 1 N–H and O–H groups in total. The van der Waals surface area contributed by atoms with Crippen LogP contribution in [0.3, 0.4) is 0 Å². The Labute approximate surface area is 184 Å². The summed E-state index contributed by atoms with van der Waals surface area (Å²) in [6.45, 7) is 8.47. The highest BCUT2D eigenvalue weighted by molar-refractivity contribution is 5.88. The third kappa shape index (κ3) is 5.78. The van der Waals surface area contributed by atoms with Gasteiger partial charge in [0.15, 0.2) is 11.5 Å². The van der Waals surface area contributed by atoms with E-state index in [-0.39, 0.29) is 24.6 Å². The molecule has 2 amide bonds. The highest BCUT2D eigenvalue weighted by Crippen LogP contribution is 2.32. The van der Waals surface area contributed by atoms with Crippen LogP contribution in [0.5, 0.6) is 11.5 Å². The van der Waals surface area contributed by atoms with Crippen molar-refractivity contribution in [2.24, 2.45) is 0 Å². The molecule has 1 atom stereocenters. The molecular formula is C25H32N2O4. The average molecular weight is 425 g/mol. The zero-order valence-corrected chi connectivity index (χ0v) is 18.8. The minimum absolute atomic E-state index is 0.0191. The van der Waals surface area contributed by atoms with Crippen molar-refractivity contribution in [3.63, 3.8) is 0 Å². The molecular weight excluding hydrogens is 392 g/mol. The zero-order chi connectivity index (χ0) is 22.4. The monoisotopic (exact) mass is 424 g/mol. The van der Waals surface area contributed by atoms with E-state index in [4.69, 9.17) is 9.47 Å². The van der Waals surface area contributed by atoms with Gasteiger partial charge in [0.1, 0.15) is 6.04 Å². The number of benzene rings is 2. The molecule has 166 valence electrons. The number of fused-ring (bicyclic) bond motifs is 1. The second kappa shape index (κ2) is 10.3. The Morgan fingerprint density at radius 2 is 1.84 bits per heavy atom. The zero-order valence-electron chi connectivity index (χ0n) is 18.8. The molecule has 0 bridgehead atoms. The van der Waals surface area contributed by atoms with Gasteiger partial charge in [-0.1, -0.05) is 37.3 Å². The minimum Gasteiger partial charge on any atom is -0.454 e. The van der Waals surface area contributed by atoms with E-state index in [0.717, 1.165) is 22.4 Å². The summed E-state index contributed by atoms with van der Waals surface area (Å²) >= 11 is 0. The Kier molecular flexibility index (Phi) is 7.55. The van der Waals surface area contributed by atoms with Crippen molar-refractivity contribution in [1.29, 1.82) is 0 Å². The van der Waals surface area contributed by atoms with E-state index in [0.29, 0.717) is 31.6 Å². The lowest BCUT2D eigenvalue weighted by Gasteiger charge is -2.31. The summed E-state index contributed by atoms with van der Waals surface area (Å²) < 4.78 is 10.8. The Morgan fingerprint density at radius 3 is 2.55 bits per heavy atom. The molecule has 1 aliphatic heterocycles. The van der Waals surface area contributed by atoms with Crippen LogP contribution in [0.1, 0.15) is 50.3 Å². The molecule has 0 radical (unpaired) electrons. The standard InChI is InChI=1S/C25H32N2O4/c1-5-21(25(29)26-17(2)3)27(15-20-9-7-6-8-18(20)4)24(28)13-11-19-10-12-22-23(14-19)31-16-30-22/h6-10,12,14,17,21H,5,11,13,15-16H2,1-4H3,(H,26,29)/t21-/m1/s1. The van der Waals surface area contributed by atoms with Crippen LogP contribution in [0.25, 0.3) is 0 Å². The highest BCUT2D eigenvalue weighted by Gasteiger charge is 2.29. The van der Waals surface area contributed by atoms with E-state index in [1.807, 2.05) is 70.2 Å². The molecule has 3 rings (SSSR count). The van der Waals surface area contributed by atoms with Crippen molar-refractivity contribution in [3.8, 4) is 11.5 Å². The number of aryl methyl sites for hydroxylation is 2. The van der Waals surface area contributed by atoms with Crippen LogP contribution in [0.4, 0.5) is 0 Å². The summed E-state index contributed by atoms with van der Waals surface area (Å²) in [6, 6.07) is 13.2. The lowest BCUT2D eigenvalue weighted by Crippen LogP contribution is -2.50. The van der Waals surface area contributed by atoms with E-state index >= 15 is 0 Å². The van der Waals surface area contributed by atoms with E-state index in [1.54, 1.807) is 4.90 Å². The largest absolute Gasteiger partial charge is 0.454 e. The van der Waals surface area contributed by atoms with Crippen LogP contribution in [-0.4, -0.2) is 35.6 Å². The van der Waals surface area contributed by atoms with Gasteiger partial charge in [0.05, 0.1) is 0 Å². The number of carbonyl (C=O) groups is 2. The first kappa shape index (κ1) is 22.7. The first-order chi connectivity index (χ1) is 14.9. The molecule has 6 heteroatoms. The maximum Gasteiger partial charge on any atom is 0.243 e. The molecule has 0 aliphatic carbocycles. The highest BCUT2D eigenvalue weighted by atomic mass is 16.7. The third-order valence-corrected chi connectivity index (χ3v) is 5.48. The maximum atomic E-state index is 13.3. The van der Waals surface area contributed by atoms with Crippen LogP contribution in [0.15, 0.2) is 42.5 Å². The van der Waals surface area contributed by atoms with Gasteiger partial charge in [-0.3, -0.25) is 9.59 Å². The molecule has 0 saturated heterocycles. The fourth-order valence-corrected chi connectivity index (χ4v) is 3.76. The summed E-state index contributed by atoms with van der Waals surface area (Å²) in [5.41, 5.74) is 3.16. The normalized spacial score (nSPS) is 13.2. The van der Waals surface area contributed by atoms with E-state index in [9.17, 15) is 9.59 Å². The van der Waals surface area contributed by atoms with Gasteiger partial charge in [0.25, 0.3) is 0 Å². The average Bonchev–Trinajstić information content (AvgIpc) is 3.20. The second-order valence-electron chi connectivity index (χ2n) is 8.22.